The summed E-state index contributed by atoms with van der Waals surface area (Å²) in [6.45, 7) is 5.26. The number of amides is 1. The van der Waals surface area contributed by atoms with E-state index >= 15 is 0 Å². The van der Waals surface area contributed by atoms with Gasteiger partial charge in [0.2, 0.25) is 5.91 Å². The predicted octanol–water partition coefficient (Wildman–Crippen LogP) is 2.81. The summed E-state index contributed by atoms with van der Waals surface area (Å²) in [5.41, 5.74) is -0.122. The Hall–Kier alpha value is -2.02. The molecule has 7 heteroatoms. The highest BCUT2D eigenvalue weighted by Gasteiger charge is 2.43. The van der Waals surface area contributed by atoms with Gasteiger partial charge in [0.05, 0.1) is 11.3 Å². The topological polar surface area (TPSA) is 94.9 Å². The number of carbonyl (C=O) groups is 3. The summed E-state index contributed by atoms with van der Waals surface area (Å²) < 4.78 is 0. The normalized spacial score (nSPS) is 21.5. The maximum Gasteiger partial charge on any atom is 0.326 e. The summed E-state index contributed by atoms with van der Waals surface area (Å²) in [5.74, 6) is -1.68. The van der Waals surface area contributed by atoms with Crippen LogP contribution in [0.2, 0.25) is 0 Å². The number of ketones is 1. The van der Waals surface area contributed by atoms with Gasteiger partial charge in [-0.05, 0) is 18.9 Å². The molecule has 26 heavy (non-hydrogen) atoms. The average molecular weight is 379 g/mol. The Morgan fingerprint density at radius 1 is 1.23 bits per heavy atom. The maximum absolute atomic E-state index is 12.9. The molecule has 0 saturated carbocycles. The molecular formula is C19H25NO5S. The first kappa shape index (κ1) is 20.3. The molecule has 1 fully saturated rings. The van der Waals surface area contributed by atoms with Gasteiger partial charge in [-0.3, -0.25) is 9.59 Å². The number of rotatable bonds is 5. The van der Waals surface area contributed by atoms with Crippen LogP contribution in [0.1, 0.15) is 51.6 Å². The largest absolute Gasteiger partial charge is 0.508 e. The number of aromatic hydroxyl groups is 1. The number of Topliss-reactive ketones (excluding diaryl/α,β-unsaturated/α-hetero) is 1. The third kappa shape index (κ3) is 4.20. The van der Waals surface area contributed by atoms with Crippen LogP contribution in [0.3, 0.4) is 0 Å². The molecule has 1 saturated heterocycles. The van der Waals surface area contributed by atoms with Gasteiger partial charge in [0.25, 0.3) is 0 Å². The number of carbonyl (C=O) groups excluding carboxylic acids is 2. The SMILES string of the molecule is CC(C)(C)C(=O)C(S)CC(=O)N1C(C(=O)O)CCC1c1ccccc1O. The van der Waals surface area contributed by atoms with Crippen LogP contribution in [-0.2, 0) is 14.4 Å². The Morgan fingerprint density at radius 3 is 2.38 bits per heavy atom. The third-order valence-corrected chi connectivity index (χ3v) is 5.08. The second kappa shape index (κ2) is 7.70. The molecule has 1 aromatic rings. The lowest BCUT2D eigenvalue weighted by molar-refractivity contribution is -0.150. The van der Waals surface area contributed by atoms with E-state index in [9.17, 15) is 24.6 Å². The van der Waals surface area contributed by atoms with Gasteiger partial charge in [-0.2, -0.15) is 12.6 Å². The molecule has 1 heterocycles. The van der Waals surface area contributed by atoms with E-state index in [0.29, 0.717) is 18.4 Å². The lowest BCUT2D eigenvalue weighted by Gasteiger charge is -2.30. The molecule has 1 aliphatic rings. The Kier molecular flexibility index (Phi) is 6.01. The smallest absolute Gasteiger partial charge is 0.326 e. The van der Waals surface area contributed by atoms with E-state index in [-0.39, 0.29) is 18.0 Å². The quantitative estimate of drug-likeness (QED) is 0.684. The van der Waals surface area contributed by atoms with Gasteiger partial charge in [0, 0.05) is 17.4 Å². The van der Waals surface area contributed by atoms with E-state index in [0.717, 1.165) is 0 Å². The summed E-state index contributed by atoms with van der Waals surface area (Å²) in [6, 6.07) is 5.09. The number of carboxylic acids is 1. The number of aliphatic carboxylic acids is 1. The van der Waals surface area contributed by atoms with Crippen molar-refractivity contribution < 1.29 is 24.6 Å². The zero-order valence-corrected chi connectivity index (χ0v) is 16.1. The number of phenols is 1. The molecule has 0 bridgehead atoms. The molecule has 142 valence electrons. The van der Waals surface area contributed by atoms with E-state index in [1.54, 1.807) is 39.0 Å². The Labute approximate surface area is 158 Å². The van der Waals surface area contributed by atoms with Crippen LogP contribution in [0, 0.1) is 5.41 Å². The first-order valence-electron chi connectivity index (χ1n) is 8.58. The Bertz CT molecular complexity index is 712. The fraction of sp³-hybridized carbons (Fsp3) is 0.526. The third-order valence-electron chi connectivity index (χ3n) is 4.66. The fourth-order valence-corrected chi connectivity index (χ4v) is 3.88. The van der Waals surface area contributed by atoms with Gasteiger partial charge >= 0.3 is 5.97 Å². The molecule has 0 aliphatic carbocycles. The molecular weight excluding hydrogens is 354 g/mol. The van der Waals surface area contributed by atoms with Gasteiger partial charge in [-0.15, -0.1) is 0 Å². The van der Waals surface area contributed by atoms with Gasteiger partial charge < -0.3 is 15.1 Å². The summed E-state index contributed by atoms with van der Waals surface area (Å²) >= 11 is 4.28. The standard InChI is InChI=1S/C19H25NO5S/c1-19(2,3)17(23)15(26)10-16(22)20-12(8-9-13(20)18(24)25)11-6-4-5-7-14(11)21/h4-7,12-13,15,21,26H,8-10H2,1-3H3,(H,24,25). The van der Waals surface area contributed by atoms with Crippen molar-refractivity contribution >= 4 is 30.3 Å². The van der Waals surface area contributed by atoms with Crippen molar-refractivity contribution in [1.82, 2.24) is 4.90 Å². The molecule has 0 radical (unpaired) electrons. The lowest BCUT2D eigenvalue weighted by Crippen LogP contribution is -2.44. The highest BCUT2D eigenvalue weighted by Crippen LogP contribution is 2.40. The van der Waals surface area contributed by atoms with E-state index < -0.39 is 34.6 Å². The number of para-hydroxylation sites is 1. The number of phenolic OH excluding ortho intramolecular Hbond substituents is 1. The second-order valence-electron chi connectivity index (χ2n) is 7.64. The number of carboxylic acid groups (broad SMARTS) is 1. The minimum atomic E-state index is -1.09. The summed E-state index contributed by atoms with van der Waals surface area (Å²) in [6.07, 6.45) is 0.558. The van der Waals surface area contributed by atoms with Crippen molar-refractivity contribution in [2.75, 3.05) is 0 Å². The molecule has 1 aromatic carbocycles. The summed E-state index contributed by atoms with van der Waals surface area (Å²) in [4.78, 5) is 38.1. The van der Waals surface area contributed by atoms with Crippen molar-refractivity contribution in [3.05, 3.63) is 29.8 Å². The van der Waals surface area contributed by atoms with Crippen LogP contribution < -0.4 is 0 Å². The zero-order chi connectivity index (χ0) is 19.6. The molecule has 3 atom stereocenters. The number of benzene rings is 1. The minimum Gasteiger partial charge on any atom is -0.508 e. The van der Waals surface area contributed by atoms with Crippen LogP contribution in [0.15, 0.2) is 24.3 Å². The van der Waals surface area contributed by atoms with Crippen molar-refractivity contribution in [2.45, 2.75) is 57.4 Å². The minimum absolute atomic E-state index is 0.0227. The first-order valence-corrected chi connectivity index (χ1v) is 9.10. The van der Waals surface area contributed by atoms with Crippen molar-refractivity contribution in [1.29, 1.82) is 0 Å². The fourth-order valence-electron chi connectivity index (χ4n) is 3.34. The molecule has 2 N–H and O–H groups in total. The van der Waals surface area contributed by atoms with Gasteiger partial charge in [0.1, 0.15) is 11.8 Å². The van der Waals surface area contributed by atoms with E-state index in [1.165, 1.54) is 11.0 Å². The van der Waals surface area contributed by atoms with Crippen LogP contribution in [-0.4, -0.2) is 44.1 Å². The van der Waals surface area contributed by atoms with E-state index in [1.807, 2.05) is 0 Å². The highest BCUT2D eigenvalue weighted by molar-refractivity contribution is 7.81. The molecule has 1 amide bonds. The maximum atomic E-state index is 12.9. The van der Waals surface area contributed by atoms with Gasteiger partial charge in [0.15, 0.2) is 5.78 Å². The molecule has 2 rings (SSSR count). The first-order chi connectivity index (χ1) is 12.0. The van der Waals surface area contributed by atoms with Crippen LogP contribution in [0.4, 0.5) is 0 Å². The number of thiol groups is 1. The monoisotopic (exact) mass is 379 g/mol. The van der Waals surface area contributed by atoms with Crippen LogP contribution in [0.25, 0.3) is 0 Å². The van der Waals surface area contributed by atoms with Crippen molar-refractivity contribution in [3.8, 4) is 5.75 Å². The van der Waals surface area contributed by atoms with Crippen LogP contribution in [0.5, 0.6) is 5.75 Å². The average Bonchev–Trinajstić information content (AvgIpc) is 2.98. The molecule has 0 spiro atoms. The van der Waals surface area contributed by atoms with Crippen LogP contribution >= 0.6 is 12.6 Å². The highest BCUT2D eigenvalue weighted by atomic mass is 32.1. The van der Waals surface area contributed by atoms with Gasteiger partial charge in [-0.1, -0.05) is 39.0 Å². The Balaban J connectivity index is 2.28. The lowest BCUT2D eigenvalue weighted by atomic mass is 9.87. The van der Waals surface area contributed by atoms with Crippen molar-refractivity contribution in [2.24, 2.45) is 5.41 Å². The molecule has 6 nitrogen and oxygen atoms in total. The predicted molar refractivity (Wildman–Crippen MR) is 100 cm³/mol. The number of nitrogens with zero attached hydrogens (tertiary/aromatic N) is 1. The Morgan fingerprint density at radius 2 is 1.85 bits per heavy atom. The molecule has 3 unspecified atom stereocenters. The van der Waals surface area contributed by atoms with Gasteiger partial charge in [-0.25, -0.2) is 4.79 Å². The summed E-state index contributed by atoms with van der Waals surface area (Å²) in [7, 11) is 0. The van der Waals surface area contributed by atoms with E-state index in [2.05, 4.69) is 12.6 Å². The number of likely N-dealkylation sites (tertiary alicyclic amines) is 1. The number of hydrogen-bond donors (Lipinski definition) is 3. The van der Waals surface area contributed by atoms with E-state index in [4.69, 9.17) is 0 Å². The molecule has 1 aliphatic heterocycles. The molecule has 0 aromatic heterocycles. The second-order valence-corrected chi connectivity index (χ2v) is 8.26. The van der Waals surface area contributed by atoms with Crippen molar-refractivity contribution in [3.63, 3.8) is 0 Å². The summed E-state index contributed by atoms with van der Waals surface area (Å²) in [5, 5.41) is 18.8. The zero-order valence-electron chi connectivity index (χ0n) is 15.2. The number of hydrogen-bond acceptors (Lipinski definition) is 5.